The maximum Gasteiger partial charge on any atom is 0.326 e. The molecule has 6 rings (SSSR count). The highest BCUT2D eigenvalue weighted by molar-refractivity contribution is 5.89. The molecule has 0 bridgehead atoms. The Kier molecular flexibility index (Phi) is 5.87. The highest BCUT2D eigenvalue weighted by Crippen LogP contribution is 2.41. The number of hydrogen-bond donors (Lipinski definition) is 1. The van der Waals surface area contributed by atoms with Crippen LogP contribution in [0.5, 0.6) is 0 Å². The molecule has 1 fully saturated rings. The number of piperidine rings is 1. The van der Waals surface area contributed by atoms with Gasteiger partial charge in [0.05, 0.1) is 16.7 Å². The van der Waals surface area contributed by atoms with E-state index in [0.29, 0.717) is 24.0 Å². The average Bonchev–Trinajstić information content (AvgIpc) is 3.46. The first-order chi connectivity index (χ1) is 17.9. The fraction of sp³-hybridized carbons (Fsp3) is 0.286. The number of halogens is 3. The predicted octanol–water partition coefficient (Wildman–Crippen LogP) is 5.10. The molecular formula is C28H25F3N4O2. The first-order valence-corrected chi connectivity index (χ1v) is 12.3. The molecule has 37 heavy (non-hydrogen) atoms. The van der Waals surface area contributed by atoms with Crippen molar-refractivity contribution in [3.8, 4) is 0 Å². The molecule has 2 aliphatic heterocycles. The Morgan fingerprint density at radius 3 is 2.11 bits per heavy atom. The summed E-state index contributed by atoms with van der Waals surface area (Å²) in [5, 5.41) is 4.40. The Balaban J connectivity index is 1.17. The van der Waals surface area contributed by atoms with Gasteiger partial charge in [-0.1, -0.05) is 29.4 Å². The van der Waals surface area contributed by atoms with Crippen LogP contribution in [0.15, 0.2) is 76.7 Å². The van der Waals surface area contributed by atoms with Gasteiger partial charge in [-0.3, -0.25) is 9.47 Å². The molecule has 0 radical (unpaired) electrons. The predicted molar refractivity (Wildman–Crippen MR) is 134 cm³/mol. The van der Waals surface area contributed by atoms with Crippen LogP contribution >= 0.6 is 0 Å². The second-order valence-corrected chi connectivity index (χ2v) is 9.74. The Bertz CT molecular complexity index is 1470. The summed E-state index contributed by atoms with van der Waals surface area (Å²) in [5.41, 5.74) is 2.36. The Morgan fingerprint density at radius 1 is 0.892 bits per heavy atom. The molecule has 0 aliphatic carbocycles. The second kappa shape index (κ2) is 9.23. The van der Waals surface area contributed by atoms with Gasteiger partial charge in [-0.05, 0) is 55.3 Å². The van der Waals surface area contributed by atoms with Gasteiger partial charge in [0.2, 0.25) is 0 Å². The lowest BCUT2D eigenvalue weighted by Crippen LogP contribution is -2.40. The zero-order chi connectivity index (χ0) is 25.6. The smallest absolute Gasteiger partial charge is 0.326 e. The maximum atomic E-state index is 13.6. The SMILES string of the molecule is O=c1[nH]c2cc(F)ccc2n1C1CCN(CC2=NOC(c3ccc(F)cc3)(c3ccc(F)cc3)C2)CC1. The lowest BCUT2D eigenvalue weighted by Gasteiger charge is -2.32. The van der Waals surface area contributed by atoms with Crippen molar-refractivity contribution in [2.75, 3.05) is 19.6 Å². The summed E-state index contributed by atoms with van der Waals surface area (Å²) >= 11 is 0. The number of aromatic amines is 1. The molecule has 3 heterocycles. The summed E-state index contributed by atoms with van der Waals surface area (Å²) < 4.78 is 42.6. The molecule has 0 spiro atoms. The van der Waals surface area contributed by atoms with Crippen molar-refractivity contribution in [3.63, 3.8) is 0 Å². The zero-order valence-corrected chi connectivity index (χ0v) is 20.0. The average molecular weight is 507 g/mol. The minimum absolute atomic E-state index is 0.0160. The second-order valence-electron chi connectivity index (χ2n) is 9.74. The van der Waals surface area contributed by atoms with Crippen molar-refractivity contribution >= 4 is 16.7 Å². The third-order valence-corrected chi connectivity index (χ3v) is 7.41. The maximum absolute atomic E-state index is 13.6. The van der Waals surface area contributed by atoms with Gasteiger partial charge in [-0.15, -0.1) is 0 Å². The van der Waals surface area contributed by atoms with Gasteiger partial charge in [0.1, 0.15) is 17.5 Å². The van der Waals surface area contributed by atoms with E-state index in [2.05, 4.69) is 15.0 Å². The number of benzene rings is 3. The summed E-state index contributed by atoms with van der Waals surface area (Å²) in [6.45, 7) is 2.10. The van der Waals surface area contributed by atoms with E-state index in [1.165, 1.54) is 36.4 Å². The third kappa shape index (κ3) is 4.33. The summed E-state index contributed by atoms with van der Waals surface area (Å²) in [4.78, 5) is 23.6. The number of nitrogens with zero attached hydrogens (tertiary/aromatic N) is 3. The van der Waals surface area contributed by atoms with E-state index < -0.39 is 5.60 Å². The van der Waals surface area contributed by atoms with Gasteiger partial charge in [0.15, 0.2) is 5.60 Å². The molecule has 4 aromatic rings. The molecular weight excluding hydrogens is 481 g/mol. The minimum atomic E-state index is -0.957. The monoisotopic (exact) mass is 506 g/mol. The number of aromatic nitrogens is 2. The zero-order valence-electron chi connectivity index (χ0n) is 20.0. The molecule has 1 N–H and O–H groups in total. The van der Waals surface area contributed by atoms with E-state index in [4.69, 9.17) is 4.84 Å². The standard InChI is InChI=1S/C28H25F3N4O2/c29-20-5-1-18(2-6-20)28(19-3-7-21(30)8-4-19)16-23(33-37-28)17-34-13-11-24(12-14-34)35-26-10-9-22(31)15-25(26)32-27(35)36/h1-10,15,24H,11-14,16-17H2,(H,32,36). The molecule has 1 aromatic heterocycles. The number of fused-ring (bicyclic) bond motifs is 1. The first kappa shape index (κ1) is 23.5. The lowest BCUT2D eigenvalue weighted by atomic mass is 9.82. The molecule has 0 saturated carbocycles. The van der Waals surface area contributed by atoms with Crippen LogP contribution in [0.1, 0.15) is 36.4 Å². The Morgan fingerprint density at radius 2 is 1.49 bits per heavy atom. The molecule has 3 aromatic carbocycles. The van der Waals surface area contributed by atoms with Crippen LogP contribution in [0.25, 0.3) is 11.0 Å². The van der Waals surface area contributed by atoms with Crippen molar-refractivity contribution in [2.24, 2.45) is 5.16 Å². The largest absolute Gasteiger partial charge is 0.379 e. The van der Waals surface area contributed by atoms with Crippen molar-refractivity contribution in [1.82, 2.24) is 14.5 Å². The molecule has 6 nitrogen and oxygen atoms in total. The summed E-state index contributed by atoms with van der Waals surface area (Å²) in [6.07, 6.45) is 1.98. The van der Waals surface area contributed by atoms with Gasteiger partial charge in [0, 0.05) is 43.2 Å². The summed E-state index contributed by atoms with van der Waals surface area (Å²) in [7, 11) is 0. The van der Waals surface area contributed by atoms with E-state index >= 15 is 0 Å². The van der Waals surface area contributed by atoms with Gasteiger partial charge in [-0.2, -0.15) is 0 Å². The summed E-state index contributed by atoms with van der Waals surface area (Å²) in [6, 6.07) is 16.6. The quantitative estimate of drug-likeness (QED) is 0.410. The Labute approximate surface area is 211 Å². The highest BCUT2D eigenvalue weighted by atomic mass is 19.1. The van der Waals surface area contributed by atoms with E-state index in [1.807, 2.05) is 0 Å². The number of H-pyrrole nitrogens is 1. The highest BCUT2D eigenvalue weighted by Gasteiger charge is 2.43. The number of rotatable bonds is 5. The van der Waals surface area contributed by atoms with E-state index in [-0.39, 0.29) is 29.2 Å². The molecule has 2 aliphatic rings. The van der Waals surface area contributed by atoms with Gasteiger partial charge >= 0.3 is 5.69 Å². The number of imidazole rings is 1. The van der Waals surface area contributed by atoms with Crippen LogP contribution in [-0.2, 0) is 10.4 Å². The van der Waals surface area contributed by atoms with E-state index in [0.717, 1.165) is 42.8 Å². The van der Waals surface area contributed by atoms with Crippen LogP contribution in [0, 0.1) is 17.5 Å². The topological polar surface area (TPSA) is 62.6 Å². The van der Waals surface area contributed by atoms with Crippen molar-refractivity contribution < 1.29 is 18.0 Å². The van der Waals surface area contributed by atoms with Gasteiger partial charge in [0.25, 0.3) is 0 Å². The molecule has 190 valence electrons. The van der Waals surface area contributed by atoms with E-state index in [9.17, 15) is 18.0 Å². The Hall–Kier alpha value is -3.85. The molecule has 0 unspecified atom stereocenters. The molecule has 0 atom stereocenters. The first-order valence-electron chi connectivity index (χ1n) is 12.3. The van der Waals surface area contributed by atoms with Crippen LogP contribution < -0.4 is 5.69 Å². The third-order valence-electron chi connectivity index (χ3n) is 7.41. The van der Waals surface area contributed by atoms with Gasteiger partial charge < -0.3 is 9.82 Å². The van der Waals surface area contributed by atoms with Crippen molar-refractivity contribution in [2.45, 2.75) is 30.9 Å². The van der Waals surface area contributed by atoms with Crippen LogP contribution in [0.4, 0.5) is 13.2 Å². The summed E-state index contributed by atoms with van der Waals surface area (Å²) in [5.74, 6) is -1.08. The van der Waals surface area contributed by atoms with E-state index in [1.54, 1.807) is 34.9 Å². The number of nitrogens with one attached hydrogen (secondary N) is 1. The van der Waals surface area contributed by atoms with Crippen molar-refractivity contribution in [3.05, 3.63) is 106 Å². The normalized spacial score (nSPS) is 18.2. The molecule has 9 heteroatoms. The number of oxime groups is 1. The number of hydrogen-bond acceptors (Lipinski definition) is 4. The van der Waals surface area contributed by atoms with Crippen LogP contribution in [-0.4, -0.2) is 39.8 Å². The minimum Gasteiger partial charge on any atom is -0.379 e. The number of likely N-dealkylation sites (tertiary alicyclic amines) is 1. The fourth-order valence-electron chi connectivity index (χ4n) is 5.55. The lowest BCUT2D eigenvalue weighted by molar-refractivity contribution is 0.0111. The van der Waals surface area contributed by atoms with Crippen LogP contribution in [0.3, 0.4) is 0 Å². The van der Waals surface area contributed by atoms with Gasteiger partial charge in [-0.25, -0.2) is 18.0 Å². The van der Waals surface area contributed by atoms with Crippen molar-refractivity contribution in [1.29, 1.82) is 0 Å². The van der Waals surface area contributed by atoms with Crippen LogP contribution in [0.2, 0.25) is 0 Å². The fourth-order valence-corrected chi connectivity index (χ4v) is 5.55. The molecule has 0 amide bonds. The molecule has 1 saturated heterocycles.